The van der Waals surface area contributed by atoms with Crippen molar-refractivity contribution in [2.75, 3.05) is 5.17 Å². The summed E-state index contributed by atoms with van der Waals surface area (Å²) in [5.41, 5.74) is 0.683. The van der Waals surface area contributed by atoms with Crippen LogP contribution < -0.4 is 10.0 Å². The summed E-state index contributed by atoms with van der Waals surface area (Å²) >= 11 is 11.4. The van der Waals surface area contributed by atoms with E-state index in [0.29, 0.717) is 11.6 Å². The maximum absolute atomic E-state index is 5.70. The predicted octanol–water partition coefficient (Wildman–Crippen LogP) is 3.41. The molecule has 0 N–H and O–H groups in total. The molecule has 2 aromatic rings. The molecule has 0 fully saturated rings. The van der Waals surface area contributed by atoms with Crippen LogP contribution in [-0.4, -0.2) is 9.03 Å². The van der Waals surface area contributed by atoms with E-state index >= 15 is 0 Å². The summed E-state index contributed by atoms with van der Waals surface area (Å²) < 4.78 is 0.796. The fourth-order valence-corrected chi connectivity index (χ4v) is 1.45. The molecule has 4 nitrogen and oxygen atoms in total. The minimum absolute atomic E-state index is 0.391. The van der Waals surface area contributed by atoms with Crippen LogP contribution in [0.25, 0.3) is 0 Å². The number of hydrazine groups is 1. The molecule has 0 aliphatic heterocycles. The minimum Gasteiger partial charge on any atom is -0.341 e. The van der Waals surface area contributed by atoms with Gasteiger partial charge >= 0.3 is 0 Å². The van der Waals surface area contributed by atoms with E-state index < -0.39 is 0 Å². The summed E-state index contributed by atoms with van der Waals surface area (Å²) in [6, 6.07) is 14.5. The van der Waals surface area contributed by atoms with E-state index in [0.717, 1.165) is 4.05 Å². The van der Waals surface area contributed by atoms with Crippen molar-refractivity contribution >= 4 is 29.2 Å². The second-order valence-corrected chi connectivity index (χ2v) is 3.90. The second kappa shape index (κ2) is 5.72. The third-order valence-electron chi connectivity index (χ3n) is 1.93. The van der Waals surface area contributed by atoms with Gasteiger partial charge in [-0.15, -0.1) is 5.17 Å². The molecule has 0 atom stereocenters. The van der Waals surface area contributed by atoms with Gasteiger partial charge < -0.3 is 4.84 Å². The standard InChI is InChI=1S/C11H9Cl2N3O/c12-16(13)15(10-6-2-1-3-7-10)17-11-8-4-5-9-14-11/h1-9H. The molecular formula is C11H9Cl2N3O. The average molecular weight is 270 g/mol. The quantitative estimate of drug-likeness (QED) is 0.628. The number of halogens is 2. The number of rotatable bonds is 4. The maximum atomic E-state index is 5.70. The molecule has 1 aromatic carbocycles. The highest BCUT2D eigenvalue weighted by Gasteiger charge is 2.15. The summed E-state index contributed by atoms with van der Waals surface area (Å²) in [5.74, 6) is 0.391. The maximum Gasteiger partial charge on any atom is 0.248 e. The first-order valence-corrected chi connectivity index (χ1v) is 5.51. The highest BCUT2D eigenvalue weighted by molar-refractivity contribution is 6.34. The summed E-state index contributed by atoms with van der Waals surface area (Å²) in [6.45, 7) is 0. The summed E-state index contributed by atoms with van der Waals surface area (Å²) in [5, 5.41) is 1.21. The van der Waals surface area contributed by atoms with E-state index in [1.54, 1.807) is 36.5 Å². The van der Waals surface area contributed by atoms with Gasteiger partial charge in [-0.1, -0.05) is 24.3 Å². The summed E-state index contributed by atoms with van der Waals surface area (Å²) in [7, 11) is 0. The Morgan fingerprint density at radius 1 is 0.941 bits per heavy atom. The summed E-state index contributed by atoms with van der Waals surface area (Å²) in [4.78, 5) is 9.46. The molecule has 0 amide bonds. The van der Waals surface area contributed by atoms with Gasteiger partial charge in [0.1, 0.15) is 0 Å². The molecule has 88 valence electrons. The molecule has 0 aliphatic carbocycles. The van der Waals surface area contributed by atoms with E-state index in [-0.39, 0.29) is 0 Å². The van der Waals surface area contributed by atoms with Gasteiger partial charge in [0, 0.05) is 35.8 Å². The lowest BCUT2D eigenvalue weighted by Gasteiger charge is -2.24. The van der Waals surface area contributed by atoms with Gasteiger partial charge in [0.05, 0.1) is 5.69 Å². The molecule has 0 saturated carbocycles. The molecule has 0 spiro atoms. The second-order valence-electron chi connectivity index (χ2n) is 3.08. The third kappa shape index (κ3) is 3.23. The Morgan fingerprint density at radius 2 is 1.65 bits per heavy atom. The zero-order valence-electron chi connectivity index (χ0n) is 8.70. The van der Waals surface area contributed by atoms with Gasteiger partial charge in [-0.2, -0.15) is 0 Å². The van der Waals surface area contributed by atoms with E-state index in [1.165, 1.54) is 5.17 Å². The molecule has 1 heterocycles. The Kier molecular flexibility index (Phi) is 4.03. The molecule has 0 aliphatic rings. The largest absolute Gasteiger partial charge is 0.341 e. The van der Waals surface area contributed by atoms with Crippen molar-refractivity contribution in [3.8, 4) is 5.88 Å². The number of pyridine rings is 1. The normalized spacial score (nSPS) is 10.3. The van der Waals surface area contributed by atoms with Gasteiger partial charge in [0.25, 0.3) is 0 Å². The Balaban J connectivity index is 2.20. The van der Waals surface area contributed by atoms with Crippen molar-refractivity contribution in [3.05, 3.63) is 54.7 Å². The summed E-state index contributed by atoms with van der Waals surface area (Å²) in [6.07, 6.45) is 1.62. The lowest BCUT2D eigenvalue weighted by atomic mass is 10.3. The highest BCUT2D eigenvalue weighted by Crippen LogP contribution is 2.21. The number of hydrogen-bond acceptors (Lipinski definition) is 4. The number of para-hydroxylation sites is 1. The molecule has 0 radical (unpaired) electrons. The molecule has 1 aromatic heterocycles. The molecule has 2 rings (SSSR count). The van der Waals surface area contributed by atoms with Gasteiger partial charge in [-0.05, 0) is 22.2 Å². The van der Waals surface area contributed by atoms with Gasteiger partial charge in [0.2, 0.25) is 5.88 Å². The molecular weight excluding hydrogens is 261 g/mol. The van der Waals surface area contributed by atoms with Crippen LogP contribution in [0.1, 0.15) is 0 Å². The van der Waals surface area contributed by atoms with Crippen LogP contribution in [0.3, 0.4) is 0 Å². The number of aromatic nitrogens is 1. The van der Waals surface area contributed by atoms with Gasteiger partial charge in [-0.25, -0.2) is 4.98 Å². The fraction of sp³-hybridized carbons (Fsp3) is 0. The van der Waals surface area contributed by atoms with Gasteiger partial charge in [-0.3, -0.25) is 0 Å². The Bertz CT molecular complexity index is 453. The molecule has 6 heteroatoms. The first-order chi connectivity index (χ1) is 8.27. The molecule has 0 bridgehead atoms. The van der Waals surface area contributed by atoms with Crippen molar-refractivity contribution in [1.82, 2.24) is 9.03 Å². The van der Waals surface area contributed by atoms with Crippen LogP contribution in [-0.2, 0) is 0 Å². The Morgan fingerprint density at radius 3 is 2.24 bits per heavy atom. The SMILES string of the molecule is ClN(Cl)N(Oc1ccccn1)c1ccccc1. The zero-order valence-corrected chi connectivity index (χ0v) is 10.2. The number of nitrogens with zero attached hydrogens (tertiary/aromatic N) is 3. The molecule has 0 unspecified atom stereocenters. The Labute approximate surface area is 109 Å². The van der Waals surface area contributed by atoms with Crippen LogP contribution in [0.5, 0.6) is 5.88 Å². The number of anilines is 1. The van der Waals surface area contributed by atoms with Crippen LogP contribution in [0.4, 0.5) is 5.69 Å². The topological polar surface area (TPSA) is 28.6 Å². The molecule has 17 heavy (non-hydrogen) atoms. The van der Waals surface area contributed by atoms with Crippen LogP contribution in [0.2, 0.25) is 0 Å². The first-order valence-electron chi connectivity index (χ1n) is 4.83. The Hall–Kier alpha value is -1.49. The zero-order chi connectivity index (χ0) is 12.1. The fourth-order valence-electron chi connectivity index (χ4n) is 1.22. The van der Waals surface area contributed by atoms with Crippen molar-refractivity contribution in [2.45, 2.75) is 0 Å². The minimum atomic E-state index is 0.391. The van der Waals surface area contributed by atoms with Crippen LogP contribution in [0.15, 0.2) is 54.7 Å². The van der Waals surface area contributed by atoms with E-state index in [9.17, 15) is 0 Å². The van der Waals surface area contributed by atoms with E-state index in [2.05, 4.69) is 4.98 Å². The van der Waals surface area contributed by atoms with Crippen LogP contribution >= 0.6 is 23.6 Å². The third-order valence-corrected chi connectivity index (χ3v) is 2.21. The lowest BCUT2D eigenvalue weighted by Crippen LogP contribution is -2.33. The van der Waals surface area contributed by atoms with Crippen molar-refractivity contribution < 1.29 is 4.84 Å². The van der Waals surface area contributed by atoms with E-state index in [4.69, 9.17) is 28.4 Å². The van der Waals surface area contributed by atoms with Crippen molar-refractivity contribution in [2.24, 2.45) is 0 Å². The average Bonchev–Trinajstić information content (AvgIpc) is 2.38. The number of benzene rings is 1. The first kappa shape index (κ1) is 12.0. The number of hydrogen-bond donors (Lipinski definition) is 0. The monoisotopic (exact) mass is 269 g/mol. The van der Waals surface area contributed by atoms with Gasteiger partial charge in [0.15, 0.2) is 0 Å². The van der Waals surface area contributed by atoms with Crippen molar-refractivity contribution in [3.63, 3.8) is 0 Å². The lowest BCUT2D eigenvalue weighted by molar-refractivity contribution is 0.205. The molecule has 0 saturated heterocycles. The predicted molar refractivity (Wildman–Crippen MR) is 67.3 cm³/mol. The highest BCUT2D eigenvalue weighted by atomic mass is 35.5. The van der Waals surface area contributed by atoms with E-state index in [1.807, 2.05) is 18.2 Å². The van der Waals surface area contributed by atoms with Crippen LogP contribution in [0, 0.1) is 0 Å². The van der Waals surface area contributed by atoms with Crippen molar-refractivity contribution in [1.29, 1.82) is 0 Å². The smallest absolute Gasteiger partial charge is 0.248 e.